The van der Waals surface area contributed by atoms with E-state index >= 15 is 0 Å². The number of hydrazone groups is 1. The summed E-state index contributed by atoms with van der Waals surface area (Å²) in [4.78, 5) is 14.0. The molecule has 1 saturated heterocycles. The Balaban J connectivity index is 1.89. The van der Waals surface area contributed by atoms with Gasteiger partial charge in [0.25, 0.3) is 5.91 Å². The van der Waals surface area contributed by atoms with E-state index in [9.17, 15) is 4.79 Å². The van der Waals surface area contributed by atoms with Crippen molar-refractivity contribution in [1.82, 2.24) is 10.3 Å². The second-order valence-corrected chi connectivity index (χ2v) is 6.51. The van der Waals surface area contributed by atoms with E-state index in [2.05, 4.69) is 15.4 Å². The summed E-state index contributed by atoms with van der Waals surface area (Å²) in [5.74, 6) is 2.99. The molecule has 0 bridgehead atoms. The third-order valence-electron chi connectivity index (χ3n) is 3.86. The molecule has 1 aromatic rings. The van der Waals surface area contributed by atoms with Gasteiger partial charge in [0.15, 0.2) is 0 Å². The van der Waals surface area contributed by atoms with Crippen LogP contribution in [0.15, 0.2) is 17.2 Å². The zero-order chi connectivity index (χ0) is 15.9. The monoisotopic (exact) mass is 321 g/mol. The lowest BCUT2D eigenvalue weighted by Crippen LogP contribution is -2.40. The minimum Gasteiger partial charge on any atom is -0.496 e. The van der Waals surface area contributed by atoms with Crippen LogP contribution in [-0.2, 0) is 4.79 Å². The van der Waals surface area contributed by atoms with Crippen molar-refractivity contribution in [2.45, 2.75) is 13.8 Å². The predicted molar refractivity (Wildman–Crippen MR) is 92.0 cm³/mol. The van der Waals surface area contributed by atoms with Crippen molar-refractivity contribution in [2.24, 2.45) is 5.10 Å². The van der Waals surface area contributed by atoms with Crippen molar-refractivity contribution in [3.05, 3.63) is 28.8 Å². The van der Waals surface area contributed by atoms with Crippen molar-refractivity contribution in [1.29, 1.82) is 0 Å². The first-order valence-electron chi connectivity index (χ1n) is 7.38. The van der Waals surface area contributed by atoms with Gasteiger partial charge in [-0.2, -0.15) is 16.9 Å². The summed E-state index contributed by atoms with van der Waals surface area (Å²) >= 11 is 1.93. The Hall–Kier alpha value is -1.53. The number of methoxy groups -OCH3 is 1. The molecular formula is C16H23N3O2S. The van der Waals surface area contributed by atoms with E-state index in [1.54, 1.807) is 13.3 Å². The average molecular weight is 321 g/mol. The number of amides is 1. The van der Waals surface area contributed by atoms with E-state index in [0.717, 1.165) is 47.0 Å². The maximum absolute atomic E-state index is 11.9. The van der Waals surface area contributed by atoms with Crippen molar-refractivity contribution >= 4 is 23.9 Å². The fourth-order valence-electron chi connectivity index (χ4n) is 2.35. The smallest absolute Gasteiger partial charge is 0.254 e. The van der Waals surface area contributed by atoms with Crippen LogP contribution in [0.1, 0.15) is 16.7 Å². The van der Waals surface area contributed by atoms with Gasteiger partial charge in [0, 0.05) is 24.6 Å². The van der Waals surface area contributed by atoms with Gasteiger partial charge in [0.05, 0.1) is 19.9 Å². The van der Waals surface area contributed by atoms with Gasteiger partial charge >= 0.3 is 0 Å². The Morgan fingerprint density at radius 3 is 2.77 bits per heavy atom. The van der Waals surface area contributed by atoms with E-state index in [-0.39, 0.29) is 5.91 Å². The standard InChI is InChI=1S/C16H23N3O2S/c1-12-13(2)15(21-3)5-4-14(12)10-17-18-16(20)11-19-6-8-22-9-7-19/h4-5,10H,6-9,11H2,1-3H3,(H,18,20)/b17-10-. The van der Waals surface area contributed by atoms with Crippen LogP contribution in [0.2, 0.25) is 0 Å². The minimum absolute atomic E-state index is 0.0639. The SMILES string of the molecule is COc1ccc(/C=N\NC(=O)CN2CCSCC2)c(C)c1C. The molecule has 0 radical (unpaired) electrons. The molecule has 5 nitrogen and oxygen atoms in total. The Morgan fingerprint density at radius 1 is 1.36 bits per heavy atom. The largest absolute Gasteiger partial charge is 0.496 e. The number of rotatable bonds is 5. The van der Waals surface area contributed by atoms with Gasteiger partial charge in [0.1, 0.15) is 5.75 Å². The van der Waals surface area contributed by atoms with Crippen LogP contribution in [0.25, 0.3) is 0 Å². The molecule has 0 saturated carbocycles. The van der Waals surface area contributed by atoms with Crippen molar-refractivity contribution in [3.63, 3.8) is 0 Å². The molecule has 0 atom stereocenters. The number of thioether (sulfide) groups is 1. The zero-order valence-electron chi connectivity index (χ0n) is 13.4. The summed E-state index contributed by atoms with van der Waals surface area (Å²) in [6, 6.07) is 3.86. The first-order valence-corrected chi connectivity index (χ1v) is 8.53. The van der Waals surface area contributed by atoms with E-state index in [0.29, 0.717) is 6.54 Å². The third-order valence-corrected chi connectivity index (χ3v) is 4.81. The van der Waals surface area contributed by atoms with Gasteiger partial charge in [-0.3, -0.25) is 9.69 Å². The molecule has 0 aliphatic carbocycles. The van der Waals surface area contributed by atoms with Gasteiger partial charge < -0.3 is 4.74 Å². The summed E-state index contributed by atoms with van der Waals surface area (Å²) in [6.45, 7) is 6.39. The normalized spacial score (nSPS) is 16.0. The number of ether oxygens (including phenoxy) is 1. The molecule has 1 heterocycles. The highest BCUT2D eigenvalue weighted by atomic mass is 32.2. The highest BCUT2D eigenvalue weighted by molar-refractivity contribution is 7.99. The molecular weight excluding hydrogens is 298 g/mol. The van der Waals surface area contributed by atoms with Crippen LogP contribution >= 0.6 is 11.8 Å². The lowest BCUT2D eigenvalue weighted by atomic mass is 10.0. The number of nitrogens with zero attached hydrogens (tertiary/aromatic N) is 2. The Bertz CT molecular complexity index is 555. The lowest BCUT2D eigenvalue weighted by molar-refractivity contribution is -0.122. The van der Waals surface area contributed by atoms with Gasteiger partial charge in [-0.15, -0.1) is 0 Å². The molecule has 1 aromatic carbocycles. The quantitative estimate of drug-likeness (QED) is 0.664. The number of nitrogens with one attached hydrogen (secondary N) is 1. The molecule has 0 spiro atoms. The molecule has 2 rings (SSSR count). The second kappa shape index (κ2) is 8.19. The molecule has 6 heteroatoms. The maximum Gasteiger partial charge on any atom is 0.254 e. The third kappa shape index (κ3) is 4.48. The number of carbonyl (C=O) groups excluding carboxylic acids is 1. The molecule has 1 N–H and O–H groups in total. The maximum atomic E-state index is 11.9. The molecule has 1 amide bonds. The van der Waals surface area contributed by atoms with Gasteiger partial charge in [-0.25, -0.2) is 5.43 Å². The van der Waals surface area contributed by atoms with Crippen LogP contribution in [-0.4, -0.2) is 55.3 Å². The number of carbonyl (C=O) groups is 1. The first-order chi connectivity index (χ1) is 10.6. The summed E-state index contributed by atoms with van der Waals surface area (Å²) in [6.07, 6.45) is 1.69. The van der Waals surface area contributed by atoms with E-state index < -0.39 is 0 Å². The summed E-state index contributed by atoms with van der Waals surface area (Å²) in [7, 11) is 1.66. The number of hydrogen-bond acceptors (Lipinski definition) is 5. The lowest BCUT2D eigenvalue weighted by Gasteiger charge is -2.24. The fourth-order valence-corrected chi connectivity index (χ4v) is 3.33. The summed E-state index contributed by atoms with van der Waals surface area (Å²) in [5, 5.41) is 4.07. The number of benzene rings is 1. The summed E-state index contributed by atoms with van der Waals surface area (Å²) < 4.78 is 5.29. The average Bonchev–Trinajstić information content (AvgIpc) is 2.52. The molecule has 0 aromatic heterocycles. The zero-order valence-corrected chi connectivity index (χ0v) is 14.2. The van der Waals surface area contributed by atoms with Crippen molar-refractivity contribution in [2.75, 3.05) is 38.2 Å². The molecule has 1 aliphatic rings. The molecule has 1 fully saturated rings. The summed E-state index contributed by atoms with van der Waals surface area (Å²) in [5.41, 5.74) is 5.77. The van der Waals surface area contributed by atoms with Gasteiger partial charge in [0.2, 0.25) is 0 Å². The highest BCUT2D eigenvalue weighted by Gasteiger charge is 2.13. The Kier molecular flexibility index (Phi) is 6.27. The highest BCUT2D eigenvalue weighted by Crippen LogP contribution is 2.22. The topological polar surface area (TPSA) is 53.9 Å². The fraction of sp³-hybridized carbons (Fsp3) is 0.500. The van der Waals surface area contributed by atoms with E-state index in [1.807, 2.05) is 37.7 Å². The first kappa shape index (κ1) is 16.8. The van der Waals surface area contributed by atoms with Crippen LogP contribution in [0.4, 0.5) is 0 Å². The molecule has 1 aliphatic heterocycles. The van der Waals surface area contributed by atoms with Crippen molar-refractivity contribution in [3.8, 4) is 5.75 Å². The van der Waals surface area contributed by atoms with E-state index in [1.165, 1.54) is 0 Å². The van der Waals surface area contributed by atoms with Crippen LogP contribution in [0, 0.1) is 13.8 Å². The van der Waals surface area contributed by atoms with Crippen LogP contribution in [0.3, 0.4) is 0 Å². The molecule has 22 heavy (non-hydrogen) atoms. The second-order valence-electron chi connectivity index (χ2n) is 5.29. The molecule has 0 unspecified atom stereocenters. The molecule has 120 valence electrons. The van der Waals surface area contributed by atoms with Crippen LogP contribution in [0.5, 0.6) is 5.75 Å². The Labute approximate surface area is 136 Å². The van der Waals surface area contributed by atoms with E-state index in [4.69, 9.17) is 4.74 Å². The Morgan fingerprint density at radius 2 is 2.09 bits per heavy atom. The predicted octanol–water partition coefficient (Wildman–Crippen LogP) is 1.81. The minimum atomic E-state index is -0.0639. The number of hydrogen-bond donors (Lipinski definition) is 1. The van der Waals surface area contributed by atoms with Gasteiger partial charge in [-0.1, -0.05) is 0 Å². The van der Waals surface area contributed by atoms with Crippen LogP contribution < -0.4 is 10.2 Å². The van der Waals surface area contributed by atoms with Gasteiger partial charge in [-0.05, 0) is 42.7 Å². The van der Waals surface area contributed by atoms with Crippen molar-refractivity contribution < 1.29 is 9.53 Å².